The Bertz CT molecular complexity index is 735. The molecule has 0 amide bonds. The number of ketones is 2. The smallest absolute Gasteiger partial charge is 0.190 e. The van der Waals surface area contributed by atoms with E-state index in [4.69, 9.17) is 4.74 Å². The van der Waals surface area contributed by atoms with Gasteiger partial charge >= 0.3 is 0 Å². The highest BCUT2D eigenvalue weighted by molar-refractivity contribution is 6.15. The van der Waals surface area contributed by atoms with Crippen LogP contribution in [0.3, 0.4) is 0 Å². The van der Waals surface area contributed by atoms with E-state index in [0.29, 0.717) is 29.7 Å². The highest BCUT2D eigenvalue weighted by Gasteiger charge is 2.49. The van der Waals surface area contributed by atoms with Gasteiger partial charge in [0.25, 0.3) is 0 Å². The van der Waals surface area contributed by atoms with Gasteiger partial charge in [0.2, 0.25) is 0 Å². The van der Waals surface area contributed by atoms with Crippen LogP contribution in [-0.2, 0) is 4.79 Å². The van der Waals surface area contributed by atoms with Crippen LogP contribution in [0.5, 0.6) is 5.75 Å². The van der Waals surface area contributed by atoms with Crippen molar-refractivity contribution in [3.8, 4) is 11.8 Å². The van der Waals surface area contributed by atoms with Crippen LogP contribution in [0.25, 0.3) is 0 Å². The molecule has 0 radical (unpaired) electrons. The van der Waals surface area contributed by atoms with Crippen molar-refractivity contribution in [3.63, 3.8) is 0 Å². The minimum atomic E-state index is -1.26. The number of benzene rings is 1. The fraction of sp³-hybridized carbons (Fsp3) is 0.476. The fourth-order valence-corrected chi connectivity index (χ4v) is 4.07. The Kier molecular flexibility index (Phi) is 5.03. The van der Waals surface area contributed by atoms with Crippen molar-refractivity contribution in [3.05, 3.63) is 41.5 Å². The second kappa shape index (κ2) is 7.23. The molecule has 1 saturated carbocycles. The predicted octanol–water partition coefficient (Wildman–Crippen LogP) is 4.26. The molecule has 0 heterocycles. The number of methoxy groups -OCH3 is 1. The first kappa shape index (κ1) is 17.4. The number of rotatable bonds is 5. The highest BCUT2D eigenvalue weighted by atomic mass is 16.5. The summed E-state index contributed by atoms with van der Waals surface area (Å²) < 4.78 is 5.12. The maximum absolute atomic E-state index is 13.2. The number of carbonyl (C=O) groups excluding carboxylic acids is 2. The van der Waals surface area contributed by atoms with Gasteiger partial charge in [-0.25, -0.2) is 0 Å². The number of nitrogens with zero attached hydrogens (tertiary/aromatic N) is 1. The third-order valence-electron chi connectivity index (χ3n) is 5.51. The lowest BCUT2D eigenvalue weighted by molar-refractivity contribution is -0.129. The van der Waals surface area contributed by atoms with Crippen LogP contribution in [-0.4, -0.2) is 18.7 Å². The Labute approximate surface area is 148 Å². The molecular weight excluding hydrogens is 314 g/mol. The molecule has 1 aromatic rings. The first-order valence-electron chi connectivity index (χ1n) is 8.97. The van der Waals surface area contributed by atoms with Crippen LogP contribution in [0.15, 0.2) is 35.9 Å². The molecule has 0 aliphatic heterocycles. The molecular formula is C21H23NO3. The summed E-state index contributed by atoms with van der Waals surface area (Å²) in [6.45, 7) is 0. The van der Waals surface area contributed by atoms with Gasteiger partial charge in [0.15, 0.2) is 11.6 Å². The second-order valence-electron chi connectivity index (χ2n) is 6.93. The molecule has 130 valence electrons. The van der Waals surface area contributed by atoms with Crippen LogP contribution < -0.4 is 4.74 Å². The molecule has 0 bridgehead atoms. The molecule has 0 N–H and O–H groups in total. The van der Waals surface area contributed by atoms with Gasteiger partial charge in [-0.3, -0.25) is 9.59 Å². The summed E-state index contributed by atoms with van der Waals surface area (Å²) in [5.41, 5.74) is -0.403. The van der Waals surface area contributed by atoms with Gasteiger partial charge in [0.1, 0.15) is 11.2 Å². The summed E-state index contributed by atoms with van der Waals surface area (Å²) in [6, 6.07) is 9.05. The second-order valence-corrected chi connectivity index (χ2v) is 6.93. The largest absolute Gasteiger partial charge is 0.497 e. The maximum Gasteiger partial charge on any atom is 0.190 e. The highest BCUT2D eigenvalue weighted by Crippen LogP contribution is 2.45. The normalized spacial score (nSPS) is 23.6. The maximum atomic E-state index is 13.2. The van der Waals surface area contributed by atoms with E-state index in [-0.39, 0.29) is 17.5 Å². The molecule has 2 aliphatic carbocycles. The molecule has 3 rings (SSSR count). The zero-order chi connectivity index (χ0) is 17.9. The molecule has 0 aromatic heterocycles. The van der Waals surface area contributed by atoms with Crippen LogP contribution >= 0.6 is 0 Å². The SMILES string of the molecule is COc1ccc(C(=O)C2=CCCC2(C#N)C(=O)C2CCCCC2)cc1. The predicted molar refractivity (Wildman–Crippen MR) is 94.3 cm³/mol. The van der Waals surface area contributed by atoms with Gasteiger partial charge in [-0.2, -0.15) is 5.26 Å². The van der Waals surface area contributed by atoms with Gasteiger partial charge in [0.05, 0.1) is 13.2 Å². The van der Waals surface area contributed by atoms with Crippen LogP contribution in [0.4, 0.5) is 0 Å². The lowest BCUT2D eigenvalue weighted by Gasteiger charge is -2.29. The summed E-state index contributed by atoms with van der Waals surface area (Å²) in [6.07, 6.45) is 7.71. The molecule has 1 aromatic carbocycles. The molecule has 0 spiro atoms. The van der Waals surface area contributed by atoms with Gasteiger partial charge < -0.3 is 4.74 Å². The molecule has 1 unspecified atom stereocenters. The topological polar surface area (TPSA) is 67.2 Å². The van der Waals surface area contributed by atoms with E-state index in [1.165, 1.54) is 0 Å². The van der Waals surface area contributed by atoms with E-state index in [1.54, 1.807) is 37.5 Å². The van der Waals surface area contributed by atoms with Crippen molar-refractivity contribution < 1.29 is 14.3 Å². The van der Waals surface area contributed by atoms with E-state index in [2.05, 4.69) is 6.07 Å². The van der Waals surface area contributed by atoms with E-state index in [1.807, 2.05) is 0 Å². The quantitative estimate of drug-likeness (QED) is 0.753. The molecule has 25 heavy (non-hydrogen) atoms. The lowest BCUT2D eigenvalue weighted by Crippen LogP contribution is -2.38. The standard InChI is InChI=1S/C21H23NO3/c1-25-17-11-9-15(10-12-17)19(23)18-8-5-13-21(18,14-22)20(24)16-6-3-2-4-7-16/h8-12,16H,2-7,13H2,1H3. The monoisotopic (exact) mass is 337 g/mol. The number of Topliss-reactive ketones (excluding diaryl/α,β-unsaturated/α-hetero) is 2. The third-order valence-corrected chi connectivity index (χ3v) is 5.51. The number of nitriles is 1. The van der Waals surface area contributed by atoms with E-state index in [0.717, 1.165) is 32.1 Å². The fourth-order valence-electron chi connectivity index (χ4n) is 4.07. The summed E-state index contributed by atoms with van der Waals surface area (Å²) >= 11 is 0. The number of ether oxygens (including phenoxy) is 1. The zero-order valence-corrected chi connectivity index (χ0v) is 14.6. The van der Waals surface area contributed by atoms with Crippen molar-refractivity contribution in [1.29, 1.82) is 5.26 Å². The zero-order valence-electron chi connectivity index (χ0n) is 14.6. The lowest BCUT2D eigenvalue weighted by atomic mass is 9.69. The molecule has 2 aliphatic rings. The Hall–Kier alpha value is -2.41. The van der Waals surface area contributed by atoms with Gasteiger partial charge in [-0.1, -0.05) is 25.3 Å². The number of hydrogen-bond donors (Lipinski definition) is 0. The number of hydrogen-bond acceptors (Lipinski definition) is 4. The van der Waals surface area contributed by atoms with E-state index in [9.17, 15) is 14.9 Å². The van der Waals surface area contributed by atoms with E-state index >= 15 is 0 Å². The van der Waals surface area contributed by atoms with Crippen LogP contribution in [0, 0.1) is 22.7 Å². The Morgan fingerprint density at radius 2 is 1.84 bits per heavy atom. The van der Waals surface area contributed by atoms with Crippen LogP contribution in [0.1, 0.15) is 55.3 Å². The van der Waals surface area contributed by atoms with Gasteiger partial charge in [-0.15, -0.1) is 0 Å². The Morgan fingerprint density at radius 1 is 1.16 bits per heavy atom. The van der Waals surface area contributed by atoms with E-state index < -0.39 is 5.41 Å². The molecule has 1 atom stereocenters. The van der Waals surface area contributed by atoms with Crippen molar-refractivity contribution >= 4 is 11.6 Å². The summed E-state index contributed by atoms with van der Waals surface area (Å²) in [4.78, 5) is 26.2. The van der Waals surface area contributed by atoms with Gasteiger partial charge in [-0.05, 0) is 49.9 Å². The number of allylic oxidation sites excluding steroid dienone is 2. The Morgan fingerprint density at radius 3 is 2.44 bits per heavy atom. The average molecular weight is 337 g/mol. The van der Waals surface area contributed by atoms with Gasteiger partial charge in [0, 0.05) is 17.1 Å². The minimum absolute atomic E-state index is 0.0414. The van der Waals surface area contributed by atoms with Crippen LogP contribution in [0.2, 0.25) is 0 Å². The van der Waals surface area contributed by atoms with Crippen molar-refractivity contribution in [1.82, 2.24) is 0 Å². The molecule has 4 nitrogen and oxygen atoms in total. The van der Waals surface area contributed by atoms with Crippen molar-refractivity contribution in [2.24, 2.45) is 11.3 Å². The number of carbonyl (C=O) groups is 2. The third kappa shape index (κ3) is 3.11. The summed E-state index contributed by atoms with van der Waals surface area (Å²) in [5, 5.41) is 9.88. The Balaban J connectivity index is 1.89. The van der Waals surface area contributed by atoms with Crippen molar-refractivity contribution in [2.45, 2.75) is 44.9 Å². The first-order valence-corrected chi connectivity index (χ1v) is 8.97. The summed E-state index contributed by atoms with van der Waals surface area (Å²) in [7, 11) is 1.57. The molecule has 4 heteroatoms. The first-order chi connectivity index (χ1) is 12.1. The molecule has 0 saturated heterocycles. The minimum Gasteiger partial charge on any atom is -0.497 e. The average Bonchev–Trinajstić information content (AvgIpc) is 3.12. The summed E-state index contributed by atoms with van der Waals surface area (Å²) in [5.74, 6) is 0.325. The molecule has 1 fully saturated rings. The van der Waals surface area contributed by atoms with Crippen molar-refractivity contribution in [2.75, 3.05) is 7.11 Å².